The van der Waals surface area contributed by atoms with Crippen LogP contribution in [0.25, 0.3) is 0 Å². The second-order valence-corrected chi connectivity index (χ2v) is 6.00. The van der Waals surface area contributed by atoms with E-state index in [1.807, 2.05) is 0 Å². The van der Waals surface area contributed by atoms with Gasteiger partial charge in [-0.1, -0.05) is 32.6 Å². The van der Waals surface area contributed by atoms with Crippen molar-refractivity contribution in [1.82, 2.24) is 20.6 Å². The van der Waals surface area contributed by atoms with E-state index in [2.05, 4.69) is 27.5 Å². The summed E-state index contributed by atoms with van der Waals surface area (Å²) in [5.74, 6) is -1.59. The molecule has 140 valence electrons. The first-order chi connectivity index (χ1) is 12.0. The molecule has 0 saturated carbocycles. The van der Waals surface area contributed by atoms with Crippen LogP contribution in [-0.4, -0.2) is 45.4 Å². The normalized spacial score (nSPS) is 11.7. The Kier molecular flexibility index (Phi) is 9.96. The molecule has 1 heterocycles. The van der Waals surface area contributed by atoms with Gasteiger partial charge in [0.25, 0.3) is 0 Å². The van der Waals surface area contributed by atoms with Gasteiger partial charge >= 0.3 is 5.97 Å². The molecule has 0 aromatic carbocycles. The van der Waals surface area contributed by atoms with Crippen LogP contribution in [0.2, 0.25) is 0 Å². The Morgan fingerprint density at radius 3 is 2.56 bits per heavy atom. The summed E-state index contributed by atoms with van der Waals surface area (Å²) in [6.45, 7) is 2.34. The van der Waals surface area contributed by atoms with Crippen molar-refractivity contribution in [2.75, 3.05) is 6.54 Å². The number of aliphatic carboxylic acids is 1. The maximum atomic E-state index is 11.8. The summed E-state index contributed by atoms with van der Waals surface area (Å²) in [6, 6.07) is -1.03. The van der Waals surface area contributed by atoms with E-state index < -0.39 is 17.9 Å². The number of nitrogens with one attached hydrogen (secondary N) is 3. The number of carboxylic acid groups (broad SMARTS) is 1. The lowest BCUT2D eigenvalue weighted by Crippen LogP contribution is -2.43. The summed E-state index contributed by atoms with van der Waals surface area (Å²) in [6.07, 6.45) is 8.99. The number of amides is 2. The fourth-order valence-electron chi connectivity index (χ4n) is 2.38. The van der Waals surface area contributed by atoms with Gasteiger partial charge in [0.15, 0.2) is 0 Å². The number of nitrogens with zero attached hydrogens (tertiary/aromatic N) is 1. The molecule has 0 aliphatic rings. The van der Waals surface area contributed by atoms with Gasteiger partial charge in [0.1, 0.15) is 6.04 Å². The zero-order valence-electron chi connectivity index (χ0n) is 14.7. The van der Waals surface area contributed by atoms with Crippen molar-refractivity contribution in [3.8, 4) is 0 Å². The van der Waals surface area contributed by atoms with E-state index in [-0.39, 0.29) is 25.3 Å². The van der Waals surface area contributed by atoms with Crippen LogP contribution in [0, 0.1) is 0 Å². The minimum atomic E-state index is -1.11. The molecule has 4 N–H and O–H groups in total. The van der Waals surface area contributed by atoms with E-state index in [1.165, 1.54) is 25.4 Å². The zero-order chi connectivity index (χ0) is 18.5. The topological polar surface area (TPSA) is 124 Å². The van der Waals surface area contributed by atoms with Crippen LogP contribution in [0.4, 0.5) is 0 Å². The molecule has 1 aromatic heterocycles. The van der Waals surface area contributed by atoms with Gasteiger partial charge in [0.05, 0.1) is 6.33 Å². The lowest BCUT2D eigenvalue weighted by Gasteiger charge is -2.13. The molecule has 25 heavy (non-hydrogen) atoms. The zero-order valence-corrected chi connectivity index (χ0v) is 14.7. The quantitative estimate of drug-likeness (QED) is 0.399. The standard InChI is InChI=1S/C17H28N4O4/c1-2-3-4-5-6-7-15(22)19-9-8-16(23)21-14(17(24)25)10-13-11-18-12-20-13/h11-12,14H,2-10H2,1H3,(H,18,20)(H,19,22)(H,21,23)(H,24,25)/t14-/m0/s1. The van der Waals surface area contributed by atoms with Crippen molar-refractivity contribution in [3.63, 3.8) is 0 Å². The van der Waals surface area contributed by atoms with Crippen LogP contribution in [0.15, 0.2) is 12.5 Å². The van der Waals surface area contributed by atoms with Gasteiger partial charge < -0.3 is 20.7 Å². The Morgan fingerprint density at radius 1 is 1.16 bits per heavy atom. The Morgan fingerprint density at radius 2 is 1.92 bits per heavy atom. The second kappa shape index (κ2) is 12.0. The van der Waals surface area contributed by atoms with Crippen molar-refractivity contribution < 1.29 is 19.5 Å². The van der Waals surface area contributed by atoms with Gasteiger partial charge in [-0.05, 0) is 6.42 Å². The molecule has 1 aromatic rings. The molecule has 0 fully saturated rings. The van der Waals surface area contributed by atoms with Crippen LogP contribution in [-0.2, 0) is 20.8 Å². The van der Waals surface area contributed by atoms with E-state index >= 15 is 0 Å². The minimum absolute atomic E-state index is 0.0499. The number of carbonyl (C=O) groups excluding carboxylic acids is 2. The number of imidazole rings is 1. The largest absolute Gasteiger partial charge is 0.480 e. The molecule has 8 heteroatoms. The average molecular weight is 352 g/mol. The summed E-state index contributed by atoms with van der Waals surface area (Å²) in [4.78, 5) is 41.3. The highest BCUT2D eigenvalue weighted by molar-refractivity contribution is 5.84. The molecular formula is C17H28N4O4. The van der Waals surface area contributed by atoms with E-state index in [9.17, 15) is 19.5 Å². The molecule has 0 aliphatic carbocycles. The number of hydrogen-bond donors (Lipinski definition) is 4. The van der Waals surface area contributed by atoms with Crippen molar-refractivity contribution in [2.24, 2.45) is 0 Å². The Bertz CT molecular complexity index is 531. The maximum absolute atomic E-state index is 11.8. The summed E-state index contributed by atoms with van der Waals surface area (Å²) in [7, 11) is 0. The second-order valence-electron chi connectivity index (χ2n) is 6.00. The number of carbonyl (C=O) groups is 3. The Balaban J connectivity index is 2.19. The summed E-state index contributed by atoms with van der Waals surface area (Å²) in [5.41, 5.74) is 0.629. The van der Waals surface area contributed by atoms with Gasteiger partial charge in [-0.2, -0.15) is 0 Å². The van der Waals surface area contributed by atoms with Gasteiger partial charge in [-0.3, -0.25) is 9.59 Å². The maximum Gasteiger partial charge on any atom is 0.326 e. The number of hydrogen-bond acceptors (Lipinski definition) is 4. The average Bonchev–Trinajstić information content (AvgIpc) is 3.07. The molecule has 0 saturated heterocycles. The molecular weight excluding hydrogens is 324 g/mol. The smallest absolute Gasteiger partial charge is 0.326 e. The van der Waals surface area contributed by atoms with Gasteiger partial charge in [-0.15, -0.1) is 0 Å². The number of unbranched alkanes of at least 4 members (excludes halogenated alkanes) is 4. The van der Waals surface area contributed by atoms with Crippen molar-refractivity contribution >= 4 is 17.8 Å². The molecule has 0 radical (unpaired) electrons. The Labute approximate surface area is 147 Å². The van der Waals surface area contributed by atoms with E-state index in [0.29, 0.717) is 12.1 Å². The summed E-state index contributed by atoms with van der Waals surface area (Å²) >= 11 is 0. The highest BCUT2D eigenvalue weighted by Gasteiger charge is 2.20. The van der Waals surface area contributed by atoms with Gasteiger partial charge in [-0.25, -0.2) is 9.78 Å². The van der Waals surface area contributed by atoms with E-state index in [4.69, 9.17) is 0 Å². The fourth-order valence-corrected chi connectivity index (χ4v) is 2.38. The van der Waals surface area contributed by atoms with Gasteiger partial charge in [0.2, 0.25) is 11.8 Å². The SMILES string of the molecule is CCCCCCCC(=O)NCCC(=O)N[C@@H](Cc1cnc[nH]1)C(=O)O. The van der Waals surface area contributed by atoms with Gasteiger partial charge in [0, 0.05) is 37.7 Å². The van der Waals surface area contributed by atoms with E-state index in [1.54, 1.807) is 0 Å². The third kappa shape index (κ3) is 9.49. The minimum Gasteiger partial charge on any atom is -0.480 e. The molecule has 1 atom stereocenters. The third-order valence-electron chi connectivity index (χ3n) is 3.79. The predicted molar refractivity (Wildman–Crippen MR) is 92.9 cm³/mol. The van der Waals surface area contributed by atoms with Crippen molar-refractivity contribution in [1.29, 1.82) is 0 Å². The lowest BCUT2D eigenvalue weighted by molar-refractivity contribution is -0.141. The monoisotopic (exact) mass is 352 g/mol. The van der Waals surface area contributed by atoms with Crippen LogP contribution < -0.4 is 10.6 Å². The molecule has 0 unspecified atom stereocenters. The third-order valence-corrected chi connectivity index (χ3v) is 3.79. The number of aromatic amines is 1. The first-order valence-electron chi connectivity index (χ1n) is 8.79. The van der Waals surface area contributed by atoms with Crippen LogP contribution in [0.3, 0.4) is 0 Å². The van der Waals surface area contributed by atoms with E-state index in [0.717, 1.165) is 19.3 Å². The number of carboxylic acids is 1. The first-order valence-corrected chi connectivity index (χ1v) is 8.79. The number of H-pyrrole nitrogens is 1. The Hall–Kier alpha value is -2.38. The van der Waals surface area contributed by atoms with Crippen LogP contribution in [0.1, 0.15) is 57.6 Å². The van der Waals surface area contributed by atoms with Crippen molar-refractivity contribution in [2.45, 2.75) is 64.3 Å². The van der Waals surface area contributed by atoms with Crippen LogP contribution in [0.5, 0.6) is 0 Å². The predicted octanol–water partition coefficient (Wildman–Crippen LogP) is 1.39. The molecule has 8 nitrogen and oxygen atoms in total. The summed E-state index contributed by atoms with van der Waals surface area (Å²) < 4.78 is 0. The molecule has 2 amide bonds. The van der Waals surface area contributed by atoms with Crippen molar-refractivity contribution in [3.05, 3.63) is 18.2 Å². The fraction of sp³-hybridized carbons (Fsp3) is 0.647. The molecule has 1 rings (SSSR count). The lowest BCUT2D eigenvalue weighted by atomic mass is 10.1. The highest BCUT2D eigenvalue weighted by Crippen LogP contribution is 2.04. The number of rotatable bonds is 13. The number of aromatic nitrogens is 2. The molecule has 0 aliphatic heterocycles. The summed E-state index contributed by atoms with van der Waals surface area (Å²) in [5, 5.41) is 14.3. The van der Waals surface area contributed by atoms with Crippen LogP contribution >= 0.6 is 0 Å². The first kappa shape index (κ1) is 20.7. The molecule has 0 spiro atoms. The highest BCUT2D eigenvalue weighted by atomic mass is 16.4. The molecule has 0 bridgehead atoms.